The number of thiophene rings is 1. The van der Waals surface area contributed by atoms with Crippen molar-refractivity contribution in [3.05, 3.63) is 70.7 Å². The Morgan fingerprint density at radius 3 is 2.69 bits per heavy atom. The number of amides is 1. The molecule has 3 rings (SSSR count). The van der Waals surface area contributed by atoms with Crippen molar-refractivity contribution < 1.29 is 14.3 Å². The normalized spacial score (nSPS) is 13.2. The number of likely N-dealkylation sites (N-methyl/N-ethyl adjacent to an activating group) is 1. The van der Waals surface area contributed by atoms with E-state index in [9.17, 15) is 4.79 Å². The SMILES string of the molecule is CN(CCOC(C)(c1ccn[nH]1)c1cccs1)C(=O)Oc1ccccc1. The number of carbonyl (C=O) groups is 1. The third-order valence-corrected chi connectivity index (χ3v) is 5.16. The fourth-order valence-corrected chi connectivity index (χ4v) is 3.35. The number of H-pyrrole nitrogens is 1. The predicted octanol–water partition coefficient (Wildman–Crippen LogP) is 3.88. The topological polar surface area (TPSA) is 67.5 Å². The summed E-state index contributed by atoms with van der Waals surface area (Å²) in [5, 5.41) is 9.03. The van der Waals surface area contributed by atoms with E-state index in [1.165, 1.54) is 4.90 Å². The molecular weight excluding hydrogens is 350 g/mol. The Labute approximate surface area is 156 Å². The van der Waals surface area contributed by atoms with Gasteiger partial charge in [-0.3, -0.25) is 5.10 Å². The second-order valence-corrected chi connectivity index (χ2v) is 6.88. The maximum absolute atomic E-state index is 12.2. The number of aromatic amines is 1. The van der Waals surface area contributed by atoms with Crippen LogP contribution in [0.2, 0.25) is 0 Å². The van der Waals surface area contributed by atoms with Gasteiger partial charge in [-0.05, 0) is 36.6 Å². The second-order valence-electron chi connectivity index (χ2n) is 5.93. The van der Waals surface area contributed by atoms with Gasteiger partial charge in [-0.25, -0.2) is 4.79 Å². The van der Waals surface area contributed by atoms with Crippen molar-refractivity contribution in [2.75, 3.05) is 20.2 Å². The zero-order valence-electron chi connectivity index (χ0n) is 14.7. The van der Waals surface area contributed by atoms with Gasteiger partial charge < -0.3 is 14.4 Å². The first-order chi connectivity index (χ1) is 12.6. The summed E-state index contributed by atoms with van der Waals surface area (Å²) in [4.78, 5) is 14.7. The number of carbonyl (C=O) groups excluding carboxylic acids is 1. The molecule has 1 amide bonds. The number of ether oxygens (including phenoxy) is 2. The van der Waals surface area contributed by atoms with E-state index in [0.29, 0.717) is 18.9 Å². The first-order valence-corrected chi connectivity index (χ1v) is 9.13. The second kappa shape index (κ2) is 8.16. The lowest BCUT2D eigenvalue weighted by Gasteiger charge is -2.28. The number of benzene rings is 1. The Morgan fingerprint density at radius 1 is 1.23 bits per heavy atom. The Bertz CT molecular complexity index is 770. The minimum absolute atomic E-state index is 0.355. The van der Waals surface area contributed by atoms with Gasteiger partial charge in [0, 0.05) is 24.7 Å². The Balaban J connectivity index is 1.59. The molecule has 0 aliphatic carbocycles. The first-order valence-electron chi connectivity index (χ1n) is 8.25. The van der Waals surface area contributed by atoms with E-state index in [1.807, 2.05) is 48.7 Å². The fraction of sp³-hybridized carbons (Fsp3) is 0.263. The quantitative estimate of drug-likeness (QED) is 0.684. The molecule has 0 saturated heterocycles. The molecule has 136 valence electrons. The monoisotopic (exact) mass is 371 g/mol. The highest BCUT2D eigenvalue weighted by molar-refractivity contribution is 7.10. The molecule has 3 aromatic rings. The lowest BCUT2D eigenvalue weighted by atomic mass is 10.0. The zero-order valence-corrected chi connectivity index (χ0v) is 15.5. The van der Waals surface area contributed by atoms with E-state index in [1.54, 1.807) is 36.7 Å². The van der Waals surface area contributed by atoms with Crippen molar-refractivity contribution in [2.45, 2.75) is 12.5 Å². The summed E-state index contributed by atoms with van der Waals surface area (Å²) in [6.07, 6.45) is 1.28. The summed E-state index contributed by atoms with van der Waals surface area (Å²) >= 11 is 1.62. The van der Waals surface area contributed by atoms with Gasteiger partial charge in [0.05, 0.1) is 12.3 Å². The average Bonchev–Trinajstić information content (AvgIpc) is 3.36. The van der Waals surface area contributed by atoms with Crippen molar-refractivity contribution in [3.8, 4) is 5.75 Å². The molecule has 0 aliphatic heterocycles. The van der Waals surface area contributed by atoms with Gasteiger partial charge >= 0.3 is 6.09 Å². The Hall–Kier alpha value is -2.64. The molecule has 26 heavy (non-hydrogen) atoms. The molecule has 2 aromatic heterocycles. The standard InChI is InChI=1S/C19H21N3O3S/c1-19(16-10-11-20-21-16,17-9-6-14-26-17)24-13-12-22(2)18(23)25-15-7-4-3-5-8-15/h3-11,14H,12-13H2,1-2H3,(H,20,21). The maximum atomic E-state index is 12.2. The van der Waals surface area contributed by atoms with E-state index in [0.717, 1.165) is 10.6 Å². The summed E-state index contributed by atoms with van der Waals surface area (Å²) in [6, 6.07) is 14.9. The molecule has 2 heterocycles. The lowest BCUT2D eigenvalue weighted by molar-refractivity contribution is -0.0110. The summed E-state index contributed by atoms with van der Waals surface area (Å²) < 4.78 is 11.5. The summed E-state index contributed by atoms with van der Waals surface area (Å²) in [5.74, 6) is 0.520. The van der Waals surface area contributed by atoms with Crippen LogP contribution < -0.4 is 4.74 Å². The first kappa shape index (κ1) is 18.2. The highest BCUT2D eigenvalue weighted by atomic mass is 32.1. The molecule has 1 aromatic carbocycles. The average molecular weight is 371 g/mol. The van der Waals surface area contributed by atoms with Gasteiger partial charge in [-0.15, -0.1) is 11.3 Å². The molecule has 0 spiro atoms. The minimum atomic E-state index is -0.644. The molecule has 1 N–H and O–H groups in total. The summed E-state index contributed by atoms with van der Waals surface area (Å²) in [5.41, 5.74) is 0.226. The van der Waals surface area contributed by atoms with Gasteiger partial charge in [0.15, 0.2) is 0 Å². The van der Waals surface area contributed by atoms with Crippen LogP contribution in [0.5, 0.6) is 5.75 Å². The number of aromatic nitrogens is 2. The Morgan fingerprint density at radius 2 is 2.04 bits per heavy atom. The third kappa shape index (κ3) is 4.12. The molecule has 0 fully saturated rings. The number of nitrogens with zero attached hydrogens (tertiary/aromatic N) is 2. The van der Waals surface area contributed by atoms with Crippen molar-refractivity contribution in [2.24, 2.45) is 0 Å². The van der Waals surface area contributed by atoms with Crippen LogP contribution in [0.3, 0.4) is 0 Å². The molecule has 1 unspecified atom stereocenters. The van der Waals surface area contributed by atoms with Crippen LogP contribution >= 0.6 is 11.3 Å². The molecule has 6 nitrogen and oxygen atoms in total. The molecule has 0 bridgehead atoms. The molecule has 1 atom stereocenters. The largest absolute Gasteiger partial charge is 0.415 e. The van der Waals surface area contributed by atoms with E-state index >= 15 is 0 Å². The van der Waals surface area contributed by atoms with Crippen molar-refractivity contribution in [1.29, 1.82) is 0 Å². The van der Waals surface area contributed by atoms with Crippen molar-refractivity contribution in [1.82, 2.24) is 15.1 Å². The zero-order chi connectivity index (χ0) is 18.4. The van der Waals surface area contributed by atoms with E-state index < -0.39 is 11.7 Å². The fourth-order valence-electron chi connectivity index (χ4n) is 2.50. The van der Waals surface area contributed by atoms with Gasteiger partial charge in [-0.1, -0.05) is 24.3 Å². The molecular formula is C19H21N3O3S. The van der Waals surface area contributed by atoms with Gasteiger partial charge in [0.25, 0.3) is 0 Å². The number of nitrogens with one attached hydrogen (secondary N) is 1. The van der Waals surface area contributed by atoms with E-state index in [-0.39, 0.29) is 0 Å². The highest BCUT2D eigenvalue weighted by Crippen LogP contribution is 2.34. The van der Waals surface area contributed by atoms with Crippen LogP contribution in [0, 0.1) is 0 Å². The predicted molar refractivity (Wildman–Crippen MR) is 100 cm³/mol. The number of rotatable bonds is 7. The summed E-state index contributed by atoms with van der Waals surface area (Å²) in [6.45, 7) is 2.75. The van der Waals surface area contributed by atoms with E-state index in [4.69, 9.17) is 9.47 Å². The van der Waals surface area contributed by atoms with Crippen molar-refractivity contribution in [3.63, 3.8) is 0 Å². The van der Waals surface area contributed by atoms with Crippen LogP contribution in [0.4, 0.5) is 4.79 Å². The Kier molecular flexibility index (Phi) is 5.70. The van der Waals surface area contributed by atoms with Crippen LogP contribution in [0.15, 0.2) is 60.1 Å². The van der Waals surface area contributed by atoms with E-state index in [2.05, 4.69) is 10.2 Å². The minimum Gasteiger partial charge on any atom is -0.410 e. The summed E-state index contributed by atoms with van der Waals surface area (Å²) in [7, 11) is 1.69. The third-order valence-electron chi connectivity index (χ3n) is 4.08. The number of hydrogen-bond donors (Lipinski definition) is 1. The highest BCUT2D eigenvalue weighted by Gasteiger charge is 2.32. The lowest BCUT2D eigenvalue weighted by Crippen LogP contribution is -2.35. The van der Waals surface area contributed by atoms with Crippen LogP contribution in [-0.2, 0) is 10.3 Å². The van der Waals surface area contributed by atoms with Crippen molar-refractivity contribution >= 4 is 17.4 Å². The van der Waals surface area contributed by atoms with Crippen LogP contribution in [0.25, 0.3) is 0 Å². The molecule has 0 aliphatic rings. The maximum Gasteiger partial charge on any atom is 0.415 e. The molecule has 0 radical (unpaired) electrons. The molecule has 0 saturated carbocycles. The smallest absolute Gasteiger partial charge is 0.410 e. The molecule has 7 heteroatoms. The number of hydrogen-bond acceptors (Lipinski definition) is 5. The van der Waals surface area contributed by atoms with Crippen LogP contribution in [0.1, 0.15) is 17.5 Å². The van der Waals surface area contributed by atoms with Crippen LogP contribution in [-0.4, -0.2) is 41.4 Å². The van der Waals surface area contributed by atoms with Gasteiger partial charge in [0.2, 0.25) is 0 Å². The number of para-hydroxylation sites is 1. The van der Waals surface area contributed by atoms with Gasteiger partial charge in [0.1, 0.15) is 11.4 Å². The van der Waals surface area contributed by atoms with Gasteiger partial charge in [-0.2, -0.15) is 5.10 Å².